The molecule has 0 bridgehead atoms. The average molecular weight is 207 g/mol. The zero-order valence-corrected chi connectivity index (χ0v) is 8.65. The molecule has 0 heterocycles. The van der Waals surface area contributed by atoms with Gasteiger partial charge in [0.25, 0.3) is 0 Å². The minimum atomic E-state index is -0.246. The summed E-state index contributed by atoms with van der Waals surface area (Å²) in [5, 5.41) is 0. The standard InChI is InChI=1S/C11H14FN3/c1-15(11(13)14-9-4-5-9)10-6-2-8(12)3-7-10/h2-3,6-7,9H,4-5H2,1H3,(H2,13,14). The van der Waals surface area contributed by atoms with Crippen LogP contribution in [0, 0.1) is 5.82 Å². The van der Waals surface area contributed by atoms with E-state index in [0.717, 1.165) is 18.5 Å². The van der Waals surface area contributed by atoms with Gasteiger partial charge in [0.2, 0.25) is 0 Å². The summed E-state index contributed by atoms with van der Waals surface area (Å²) < 4.78 is 12.7. The van der Waals surface area contributed by atoms with Crippen molar-refractivity contribution in [3.63, 3.8) is 0 Å². The summed E-state index contributed by atoms with van der Waals surface area (Å²) in [5.41, 5.74) is 6.66. The molecule has 1 fully saturated rings. The Balaban J connectivity index is 2.12. The molecule has 1 aliphatic rings. The predicted molar refractivity (Wildman–Crippen MR) is 59.4 cm³/mol. The molecule has 1 aliphatic carbocycles. The number of hydrogen-bond acceptors (Lipinski definition) is 1. The van der Waals surface area contributed by atoms with Crippen LogP contribution in [-0.2, 0) is 0 Å². The van der Waals surface area contributed by atoms with Crippen LogP contribution in [-0.4, -0.2) is 19.0 Å². The van der Waals surface area contributed by atoms with Gasteiger partial charge in [0.1, 0.15) is 5.82 Å². The summed E-state index contributed by atoms with van der Waals surface area (Å²) in [5.74, 6) is 0.244. The zero-order valence-electron chi connectivity index (χ0n) is 8.65. The maximum absolute atomic E-state index is 12.7. The first-order valence-electron chi connectivity index (χ1n) is 4.99. The summed E-state index contributed by atoms with van der Waals surface area (Å²) >= 11 is 0. The second kappa shape index (κ2) is 3.88. The van der Waals surface area contributed by atoms with E-state index in [4.69, 9.17) is 5.73 Å². The van der Waals surface area contributed by atoms with E-state index in [0.29, 0.717) is 12.0 Å². The van der Waals surface area contributed by atoms with Crippen LogP contribution in [0.1, 0.15) is 12.8 Å². The highest BCUT2D eigenvalue weighted by Crippen LogP contribution is 2.24. The largest absolute Gasteiger partial charge is 0.370 e. The first-order valence-corrected chi connectivity index (χ1v) is 4.99. The third-order valence-electron chi connectivity index (χ3n) is 2.42. The second-order valence-corrected chi connectivity index (χ2v) is 3.75. The van der Waals surface area contributed by atoms with E-state index >= 15 is 0 Å². The Kier molecular flexibility index (Phi) is 2.58. The normalized spacial score (nSPS) is 16.5. The minimum Gasteiger partial charge on any atom is -0.370 e. The number of guanidine groups is 1. The van der Waals surface area contributed by atoms with Crippen LogP contribution in [0.15, 0.2) is 29.3 Å². The Hall–Kier alpha value is -1.58. The van der Waals surface area contributed by atoms with Crippen molar-refractivity contribution in [1.29, 1.82) is 0 Å². The van der Waals surface area contributed by atoms with Gasteiger partial charge >= 0.3 is 0 Å². The van der Waals surface area contributed by atoms with E-state index in [1.54, 1.807) is 17.0 Å². The molecular formula is C11H14FN3. The maximum atomic E-state index is 12.7. The summed E-state index contributed by atoms with van der Waals surface area (Å²) in [6.45, 7) is 0. The first-order chi connectivity index (χ1) is 7.16. The molecule has 0 aromatic heterocycles. The quantitative estimate of drug-likeness (QED) is 0.593. The Labute approximate surface area is 88.4 Å². The maximum Gasteiger partial charge on any atom is 0.195 e. The molecule has 3 nitrogen and oxygen atoms in total. The Morgan fingerprint density at radius 1 is 1.40 bits per heavy atom. The van der Waals surface area contributed by atoms with Crippen molar-refractivity contribution >= 4 is 11.6 Å². The number of rotatable bonds is 2. The highest BCUT2D eigenvalue weighted by atomic mass is 19.1. The van der Waals surface area contributed by atoms with Crippen molar-refractivity contribution in [1.82, 2.24) is 0 Å². The van der Waals surface area contributed by atoms with Gasteiger partial charge in [-0.1, -0.05) is 0 Å². The highest BCUT2D eigenvalue weighted by Gasteiger charge is 2.21. The Morgan fingerprint density at radius 2 is 2.00 bits per heavy atom. The van der Waals surface area contributed by atoms with Crippen LogP contribution in [0.2, 0.25) is 0 Å². The fraction of sp³-hybridized carbons (Fsp3) is 0.364. The molecule has 1 aromatic rings. The molecule has 2 N–H and O–H groups in total. The molecule has 0 amide bonds. The molecule has 2 rings (SSSR count). The van der Waals surface area contributed by atoms with Crippen molar-refractivity contribution in [3.05, 3.63) is 30.1 Å². The van der Waals surface area contributed by atoms with Crippen molar-refractivity contribution in [2.75, 3.05) is 11.9 Å². The van der Waals surface area contributed by atoms with Crippen LogP contribution >= 0.6 is 0 Å². The van der Waals surface area contributed by atoms with Crippen molar-refractivity contribution in [2.24, 2.45) is 10.7 Å². The SMILES string of the molecule is CN(C(N)=NC1CC1)c1ccc(F)cc1. The molecule has 15 heavy (non-hydrogen) atoms. The lowest BCUT2D eigenvalue weighted by molar-refractivity contribution is 0.628. The van der Waals surface area contributed by atoms with E-state index in [1.165, 1.54) is 12.1 Å². The molecule has 0 spiro atoms. The number of nitrogens with zero attached hydrogens (tertiary/aromatic N) is 2. The molecule has 0 unspecified atom stereocenters. The number of anilines is 1. The van der Waals surface area contributed by atoms with Gasteiger partial charge in [-0.3, -0.25) is 0 Å². The Bertz CT molecular complexity index is 368. The molecule has 0 aliphatic heterocycles. The van der Waals surface area contributed by atoms with Gasteiger partial charge in [-0.2, -0.15) is 0 Å². The van der Waals surface area contributed by atoms with Crippen LogP contribution in [0.3, 0.4) is 0 Å². The lowest BCUT2D eigenvalue weighted by Gasteiger charge is -2.17. The molecular weight excluding hydrogens is 193 g/mol. The van der Waals surface area contributed by atoms with E-state index in [9.17, 15) is 4.39 Å². The van der Waals surface area contributed by atoms with Crippen LogP contribution < -0.4 is 10.6 Å². The van der Waals surface area contributed by atoms with E-state index < -0.39 is 0 Å². The number of aliphatic imine (C=N–C) groups is 1. The Morgan fingerprint density at radius 3 is 2.53 bits per heavy atom. The summed E-state index contributed by atoms with van der Waals surface area (Å²) in [4.78, 5) is 6.08. The average Bonchev–Trinajstić information content (AvgIpc) is 3.02. The third kappa shape index (κ3) is 2.46. The van der Waals surface area contributed by atoms with Gasteiger partial charge < -0.3 is 10.6 Å². The van der Waals surface area contributed by atoms with E-state index in [2.05, 4.69) is 4.99 Å². The lowest BCUT2D eigenvalue weighted by atomic mass is 10.3. The number of nitrogens with two attached hydrogens (primary N) is 1. The molecule has 0 radical (unpaired) electrons. The summed E-state index contributed by atoms with van der Waals surface area (Å²) in [6.07, 6.45) is 2.25. The lowest BCUT2D eigenvalue weighted by Crippen LogP contribution is -2.34. The molecule has 0 atom stereocenters. The van der Waals surface area contributed by atoms with E-state index in [-0.39, 0.29) is 5.82 Å². The fourth-order valence-corrected chi connectivity index (χ4v) is 1.27. The number of halogens is 1. The minimum absolute atomic E-state index is 0.246. The highest BCUT2D eigenvalue weighted by molar-refractivity contribution is 5.94. The van der Waals surface area contributed by atoms with Gasteiger partial charge in [0, 0.05) is 12.7 Å². The van der Waals surface area contributed by atoms with Crippen molar-refractivity contribution in [3.8, 4) is 0 Å². The van der Waals surface area contributed by atoms with Crippen LogP contribution in [0.25, 0.3) is 0 Å². The number of hydrogen-bond donors (Lipinski definition) is 1. The zero-order chi connectivity index (χ0) is 10.8. The number of benzene rings is 1. The molecule has 80 valence electrons. The summed E-state index contributed by atoms with van der Waals surface area (Å²) in [6, 6.07) is 6.59. The van der Waals surface area contributed by atoms with Crippen LogP contribution in [0.5, 0.6) is 0 Å². The van der Waals surface area contributed by atoms with Gasteiger partial charge in [0.05, 0.1) is 6.04 Å². The monoisotopic (exact) mass is 207 g/mol. The van der Waals surface area contributed by atoms with E-state index in [1.807, 2.05) is 7.05 Å². The topological polar surface area (TPSA) is 41.6 Å². The van der Waals surface area contributed by atoms with Gasteiger partial charge in [0.15, 0.2) is 5.96 Å². The van der Waals surface area contributed by atoms with Crippen LogP contribution in [0.4, 0.5) is 10.1 Å². The molecule has 1 aromatic carbocycles. The fourth-order valence-electron chi connectivity index (χ4n) is 1.27. The smallest absolute Gasteiger partial charge is 0.195 e. The molecule has 1 saturated carbocycles. The first kappa shape index (κ1) is 9.96. The third-order valence-corrected chi connectivity index (χ3v) is 2.42. The van der Waals surface area contributed by atoms with Gasteiger partial charge in [-0.05, 0) is 37.1 Å². The predicted octanol–water partition coefficient (Wildman–Crippen LogP) is 1.74. The summed E-state index contributed by atoms with van der Waals surface area (Å²) in [7, 11) is 1.83. The molecule has 0 saturated heterocycles. The second-order valence-electron chi connectivity index (χ2n) is 3.75. The molecule has 4 heteroatoms. The van der Waals surface area contributed by atoms with Gasteiger partial charge in [-0.15, -0.1) is 0 Å². The van der Waals surface area contributed by atoms with Crippen molar-refractivity contribution < 1.29 is 4.39 Å². The van der Waals surface area contributed by atoms with Gasteiger partial charge in [-0.25, -0.2) is 9.38 Å². The van der Waals surface area contributed by atoms with Crippen molar-refractivity contribution in [2.45, 2.75) is 18.9 Å².